The second kappa shape index (κ2) is 4.80. The first-order chi connectivity index (χ1) is 8.75. The summed E-state index contributed by atoms with van der Waals surface area (Å²) in [5.74, 6) is 0.250. The number of aldehydes is 1. The van der Waals surface area contributed by atoms with Gasteiger partial charge in [-0.25, -0.2) is 4.79 Å². The zero-order chi connectivity index (χ0) is 14.3. The molecule has 0 N–H and O–H groups in total. The molecule has 1 spiro atoms. The topological polar surface area (TPSA) is 46.6 Å². The van der Waals surface area contributed by atoms with Gasteiger partial charge in [0.05, 0.1) is 0 Å². The van der Waals surface area contributed by atoms with Crippen molar-refractivity contribution in [2.24, 2.45) is 11.3 Å². The molecule has 2 fully saturated rings. The predicted molar refractivity (Wildman–Crippen MR) is 72.9 cm³/mol. The van der Waals surface area contributed by atoms with Crippen molar-refractivity contribution in [1.82, 2.24) is 4.90 Å². The largest absolute Gasteiger partial charge is 0.444 e. The maximum absolute atomic E-state index is 12.1. The summed E-state index contributed by atoms with van der Waals surface area (Å²) in [5.41, 5.74) is -0.130. The second-order valence-corrected chi connectivity index (χ2v) is 7.28. The van der Waals surface area contributed by atoms with Crippen LogP contribution in [0.4, 0.5) is 4.79 Å². The Morgan fingerprint density at radius 1 is 1.32 bits per heavy atom. The molecule has 1 unspecified atom stereocenters. The molecule has 4 heteroatoms. The summed E-state index contributed by atoms with van der Waals surface area (Å²) in [6, 6.07) is 0.205. The van der Waals surface area contributed by atoms with Crippen LogP contribution in [0, 0.1) is 11.3 Å². The van der Waals surface area contributed by atoms with E-state index in [0.29, 0.717) is 5.41 Å². The summed E-state index contributed by atoms with van der Waals surface area (Å²) in [5, 5.41) is 0. The highest BCUT2D eigenvalue weighted by molar-refractivity contribution is 5.68. The van der Waals surface area contributed by atoms with E-state index in [1.54, 1.807) is 0 Å². The summed E-state index contributed by atoms with van der Waals surface area (Å²) in [6.07, 6.45) is 4.88. The van der Waals surface area contributed by atoms with Crippen LogP contribution in [0.2, 0.25) is 0 Å². The van der Waals surface area contributed by atoms with E-state index < -0.39 is 5.60 Å². The van der Waals surface area contributed by atoms with E-state index in [-0.39, 0.29) is 18.1 Å². The van der Waals surface area contributed by atoms with Gasteiger partial charge in [0.15, 0.2) is 0 Å². The van der Waals surface area contributed by atoms with Crippen molar-refractivity contribution in [1.29, 1.82) is 0 Å². The molecule has 2 aliphatic rings. The molecular weight excluding hydrogens is 242 g/mol. The van der Waals surface area contributed by atoms with Gasteiger partial charge in [0.25, 0.3) is 0 Å². The number of nitrogens with zero attached hydrogens (tertiary/aromatic N) is 1. The highest BCUT2D eigenvalue weighted by Gasteiger charge is 2.48. The molecule has 1 aliphatic carbocycles. The standard InChI is InChI=1S/C15H25NO3/c1-11-7-15(8-12(9-15)10-17)5-6-16(11)13(18)19-14(2,3)4/h10-12H,5-9H2,1-4H3. The maximum Gasteiger partial charge on any atom is 0.410 e. The molecule has 2 rings (SSSR count). The lowest BCUT2D eigenvalue weighted by Gasteiger charge is -2.53. The van der Waals surface area contributed by atoms with Crippen LogP contribution >= 0.6 is 0 Å². The van der Waals surface area contributed by atoms with Crippen molar-refractivity contribution in [3.8, 4) is 0 Å². The third-order valence-electron chi connectivity index (χ3n) is 4.35. The predicted octanol–water partition coefficient (Wildman–Crippen LogP) is 3.00. The molecule has 1 saturated heterocycles. The fourth-order valence-corrected chi connectivity index (χ4v) is 3.53. The van der Waals surface area contributed by atoms with Crippen LogP contribution in [-0.2, 0) is 9.53 Å². The molecule has 1 heterocycles. The number of hydrogen-bond donors (Lipinski definition) is 0. The first-order valence-corrected chi connectivity index (χ1v) is 7.20. The van der Waals surface area contributed by atoms with Crippen LogP contribution in [-0.4, -0.2) is 35.5 Å². The minimum Gasteiger partial charge on any atom is -0.444 e. The molecule has 1 aliphatic heterocycles. The van der Waals surface area contributed by atoms with Gasteiger partial charge < -0.3 is 14.4 Å². The number of carbonyl (C=O) groups is 2. The van der Waals surface area contributed by atoms with E-state index in [1.807, 2.05) is 25.7 Å². The van der Waals surface area contributed by atoms with Crippen LogP contribution in [0.1, 0.15) is 53.4 Å². The van der Waals surface area contributed by atoms with Crippen molar-refractivity contribution in [2.45, 2.75) is 65.0 Å². The maximum atomic E-state index is 12.1. The van der Waals surface area contributed by atoms with Crippen molar-refractivity contribution in [3.05, 3.63) is 0 Å². The number of ether oxygens (including phenoxy) is 1. The molecule has 0 radical (unpaired) electrons. The minimum absolute atomic E-state index is 0.205. The van der Waals surface area contributed by atoms with Crippen LogP contribution in [0.25, 0.3) is 0 Å². The van der Waals surface area contributed by atoms with Gasteiger partial charge in [0.2, 0.25) is 0 Å². The average Bonchev–Trinajstić information content (AvgIpc) is 2.22. The van der Waals surface area contributed by atoms with Gasteiger partial charge in [0, 0.05) is 18.5 Å². The molecule has 1 saturated carbocycles. The van der Waals surface area contributed by atoms with Crippen molar-refractivity contribution < 1.29 is 14.3 Å². The van der Waals surface area contributed by atoms with Gasteiger partial charge in [-0.1, -0.05) is 0 Å². The van der Waals surface area contributed by atoms with Crippen molar-refractivity contribution in [3.63, 3.8) is 0 Å². The average molecular weight is 267 g/mol. The van der Waals surface area contributed by atoms with Crippen LogP contribution in [0.15, 0.2) is 0 Å². The summed E-state index contributed by atoms with van der Waals surface area (Å²) < 4.78 is 5.44. The van der Waals surface area contributed by atoms with Gasteiger partial charge in [-0.2, -0.15) is 0 Å². The molecule has 0 bridgehead atoms. The highest BCUT2D eigenvalue weighted by atomic mass is 16.6. The Labute approximate surface area is 115 Å². The smallest absolute Gasteiger partial charge is 0.410 e. The second-order valence-electron chi connectivity index (χ2n) is 7.28. The fraction of sp³-hybridized carbons (Fsp3) is 0.867. The summed E-state index contributed by atoms with van der Waals surface area (Å²) in [7, 11) is 0. The lowest BCUT2D eigenvalue weighted by Crippen LogP contribution is -2.53. The lowest BCUT2D eigenvalue weighted by molar-refractivity contribution is -0.121. The number of amides is 1. The van der Waals surface area contributed by atoms with E-state index in [9.17, 15) is 9.59 Å². The Balaban J connectivity index is 1.91. The van der Waals surface area contributed by atoms with Crippen LogP contribution in [0.3, 0.4) is 0 Å². The van der Waals surface area contributed by atoms with E-state index in [2.05, 4.69) is 6.92 Å². The SMILES string of the molecule is CC1CC2(CCN1C(=O)OC(C)(C)C)CC(C=O)C2. The molecule has 1 atom stereocenters. The molecule has 0 aromatic rings. The minimum atomic E-state index is -0.439. The van der Waals surface area contributed by atoms with E-state index in [4.69, 9.17) is 4.74 Å². The summed E-state index contributed by atoms with van der Waals surface area (Å²) >= 11 is 0. The van der Waals surface area contributed by atoms with Gasteiger partial charge in [0.1, 0.15) is 11.9 Å². The molecular formula is C15H25NO3. The Morgan fingerprint density at radius 2 is 1.95 bits per heavy atom. The Morgan fingerprint density at radius 3 is 2.42 bits per heavy atom. The van der Waals surface area contributed by atoms with Gasteiger partial charge in [-0.15, -0.1) is 0 Å². The monoisotopic (exact) mass is 267 g/mol. The lowest BCUT2D eigenvalue weighted by atomic mass is 9.57. The third-order valence-corrected chi connectivity index (χ3v) is 4.35. The van der Waals surface area contributed by atoms with Gasteiger partial charge >= 0.3 is 6.09 Å². The Kier molecular flexibility index (Phi) is 3.63. The zero-order valence-electron chi connectivity index (χ0n) is 12.4. The highest BCUT2D eigenvalue weighted by Crippen LogP contribution is 2.53. The quantitative estimate of drug-likeness (QED) is 0.686. The van der Waals surface area contributed by atoms with Crippen LogP contribution in [0.5, 0.6) is 0 Å². The summed E-state index contributed by atoms with van der Waals surface area (Å²) in [4.78, 5) is 24.7. The molecule has 108 valence electrons. The number of rotatable bonds is 1. The molecule has 0 aromatic heterocycles. The van der Waals surface area contributed by atoms with Crippen LogP contribution < -0.4 is 0 Å². The van der Waals surface area contributed by atoms with Gasteiger partial charge in [-0.05, 0) is 58.8 Å². The first kappa shape index (κ1) is 14.4. The molecule has 0 aromatic carbocycles. The van der Waals surface area contributed by atoms with E-state index >= 15 is 0 Å². The normalized spacial score (nSPS) is 34.8. The molecule has 19 heavy (non-hydrogen) atoms. The molecule has 1 amide bonds. The third kappa shape index (κ3) is 3.10. The summed E-state index contributed by atoms with van der Waals surface area (Å²) in [6.45, 7) is 8.51. The first-order valence-electron chi connectivity index (χ1n) is 7.20. The van der Waals surface area contributed by atoms with Gasteiger partial charge in [-0.3, -0.25) is 0 Å². The van der Waals surface area contributed by atoms with Crippen molar-refractivity contribution >= 4 is 12.4 Å². The number of likely N-dealkylation sites (tertiary alicyclic amines) is 1. The van der Waals surface area contributed by atoms with Crippen molar-refractivity contribution in [2.75, 3.05) is 6.54 Å². The number of hydrogen-bond acceptors (Lipinski definition) is 3. The Hall–Kier alpha value is -1.06. The fourth-order valence-electron chi connectivity index (χ4n) is 3.53. The van der Waals surface area contributed by atoms with E-state index in [0.717, 1.165) is 38.5 Å². The number of piperidine rings is 1. The molecule has 4 nitrogen and oxygen atoms in total. The van der Waals surface area contributed by atoms with E-state index in [1.165, 1.54) is 0 Å². The number of carbonyl (C=O) groups excluding carboxylic acids is 2. The Bertz CT molecular complexity index is 366. The zero-order valence-corrected chi connectivity index (χ0v) is 12.4.